The van der Waals surface area contributed by atoms with Crippen molar-refractivity contribution in [3.63, 3.8) is 0 Å². The second-order valence-electron chi connectivity index (χ2n) is 6.01. The van der Waals surface area contributed by atoms with Gasteiger partial charge in [-0.15, -0.1) is 0 Å². The molecule has 0 atom stereocenters. The number of fused-ring (bicyclic) bond motifs is 1. The average molecular weight is 330 g/mol. The Hall–Kier alpha value is -3.21. The minimum absolute atomic E-state index is 0.156. The Morgan fingerprint density at radius 1 is 1.08 bits per heavy atom. The molecular weight excluding hydrogens is 312 g/mol. The van der Waals surface area contributed by atoms with Gasteiger partial charge >= 0.3 is 0 Å². The number of nitrogens with one attached hydrogen (secondary N) is 1. The van der Waals surface area contributed by atoms with Gasteiger partial charge < -0.3 is 4.57 Å². The lowest BCUT2D eigenvalue weighted by atomic mass is 10.0. The molecule has 2 heterocycles. The van der Waals surface area contributed by atoms with Crippen molar-refractivity contribution < 1.29 is 0 Å². The topological polar surface area (TPSA) is 63.6 Å². The minimum Gasteiger partial charge on any atom is -0.326 e. The van der Waals surface area contributed by atoms with Crippen LogP contribution in [0.25, 0.3) is 22.0 Å². The summed E-state index contributed by atoms with van der Waals surface area (Å²) in [4.78, 5) is 16.3. The fourth-order valence-electron chi connectivity index (χ4n) is 3.12. The first-order chi connectivity index (χ1) is 12.3. The lowest BCUT2D eigenvalue weighted by Gasteiger charge is -2.10. The highest BCUT2D eigenvalue weighted by molar-refractivity contribution is 5.87. The molecule has 5 nitrogen and oxygen atoms in total. The van der Waals surface area contributed by atoms with Crippen molar-refractivity contribution in [3.05, 3.63) is 82.7 Å². The Kier molecular flexibility index (Phi) is 3.90. The van der Waals surface area contributed by atoms with Gasteiger partial charge in [-0.05, 0) is 24.1 Å². The highest BCUT2D eigenvalue weighted by atomic mass is 16.1. The van der Waals surface area contributed by atoms with Crippen LogP contribution >= 0.6 is 0 Å². The normalized spacial score (nSPS) is 11.1. The molecule has 0 aliphatic heterocycles. The van der Waals surface area contributed by atoms with E-state index in [2.05, 4.69) is 31.9 Å². The quantitative estimate of drug-likeness (QED) is 0.624. The van der Waals surface area contributed by atoms with Crippen LogP contribution in [0, 0.1) is 0 Å². The van der Waals surface area contributed by atoms with Crippen LogP contribution in [0.4, 0.5) is 0 Å². The molecule has 0 saturated carbocycles. The van der Waals surface area contributed by atoms with Gasteiger partial charge in [0, 0.05) is 17.5 Å². The van der Waals surface area contributed by atoms with Crippen LogP contribution in [0.1, 0.15) is 18.2 Å². The van der Waals surface area contributed by atoms with Crippen molar-refractivity contribution in [2.75, 3.05) is 0 Å². The molecule has 2 aromatic carbocycles. The summed E-state index contributed by atoms with van der Waals surface area (Å²) in [6.07, 6.45) is 4.46. The largest absolute Gasteiger partial charge is 0.326 e. The monoisotopic (exact) mass is 330 g/mol. The highest BCUT2D eigenvalue weighted by Crippen LogP contribution is 2.25. The third-order valence-corrected chi connectivity index (χ3v) is 4.41. The molecule has 0 fully saturated rings. The zero-order valence-electron chi connectivity index (χ0n) is 13.9. The number of H-pyrrole nitrogens is 1. The zero-order valence-corrected chi connectivity index (χ0v) is 13.9. The maximum atomic E-state index is 12.0. The van der Waals surface area contributed by atoms with Gasteiger partial charge in [0.25, 0.3) is 5.56 Å². The van der Waals surface area contributed by atoms with Gasteiger partial charge in [0.1, 0.15) is 0 Å². The van der Waals surface area contributed by atoms with E-state index in [1.807, 2.05) is 55.8 Å². The maximum absolute atomic E-state index is 12.0. The molecule has 0 aliphatic carbocycles. The summed E-state index contributed by atoms with van der Waals surface area (Å²) in [6.45, 7) is 2.79. The number of rotatable bonds is 4. The van der Waals surface area contributed by atoms with E-state index < -0.39 is 0 Å². The van der Waals surface area contributed by atoms with Crippen molar-refractivity contribution in [1.82, 2.24) is 19.7 Å². The Morgan fingerprint density at radius 2 is 1.92 bits per heavy atom. The van der Waals surface area contributed by atoms with Gasteiger partial charge in [0.2, 0.25) is 0 Å². The second kappa shape index (κ2) is 6.36. The molecule has 0 radical (unpaired) electrons. The summed E-state index contributed by atoms with van der Waals surface area (Å²) in [5, 5.41) is 8.32. The first kappa shape index (κ1) is 15.3. The summed E-state index contributed by atoms with van der Waals surface area (Å²) in [6, 6.07) is 16.2. The molecule has 2 aromatic heterocycles. The van der Waals surface area contributed by atoms with Crippen molar-refractivity contribution in [2.45, 2.75) is 19.9 Å². The molecule has 0 saturated heterocycles. The van der Waals surface area contributed by atoms with Gasteiger partial charge in [0.05, 0.1) is 29.3 Å². The van der Waals surface area contributed by atoms with Crippen LogP contribution in [0.2, 0.25) is 0 Å². The van der Waals surface area contributed by atoms with Crippen molar-refractivity contribution >= 4 is 10.8 Å². The predicted octanol–water partition coefficient (Wildman–Crippen LogP) is 3.40. The second-order valence-corrected chi connectivity index (χ2v) is 6.01. The van der Waals surface area contributed by atoms with E-state index in [0.29, 0.717) is 5.39 Å². The number of hydrogen-bond donors (Lipinski definition) is 1. The van der Waals surface area contributed by atoms with Gasteiger partial charge in [-0.25, -0.2) is 10.1 Å². The first-order valence-electron chi connectivity index (χ1n) is 8.32. The van der Waals surface area contributed by atoms with Gasteiger partial charge in [-0.2, -0.15) is 5.10 Å². The first-order valence-corrected chi connectivity index (χ1v) is 8.32. The lowest BCUT2D eigenvalue weighted by Crippen LogP contribution is -2.10. The van der Waals surface area contributed by atoms with Crippen LogP contribution < -0.4 is 5.56 Å². The zero-order chi connectivity index (χ0) is 17.2. The number of aromatic nitrogens is 4. The van der Waals surface area contributed by atoms with Crippen LogP contribution in [0.5, 0.6) is 0 Å². The summed E-state index contributed by atoms with van der Waals surface area (Å²) in [5.74, 6) is 0. The molecule has 124 valence electrons. The van der Waals surface area contributed by atoms with E-state index in [4.69, 9.17) is 0 Å². The standard InChI is InChI=1S/C20H18N4O/c1-2-18-17-10-15(8-9-16(17)20(25)23-22-18)19-11-21-13-24(19)12-14-6-4-3-5-7-14/h3-11,13H,2,12H2,1H3,(H,23,25). The SMILES string of the molecule is CCc1n[nH]c(=O)c2ccc(-c3cncn3Cc3ccccc3)cc12. The average Bonchev–Trinajstić information content (AvgIpc) is 3.11. The van der Waals surface area contributed by atoms with Crippen LogP contribution in [-0.2, 0) is 13.0 Å². The Bertz CT molecular complexity index is 1080. The number of nitrogens with zero attached hydrogens (tertiary/aromatic N) is 3. The molecular formula is C20H18N4O. The molecule has 0 aliphatic rings. The number of aryl methyl sites for hydroxylation is 1. The van der Waals surface area contributed by atoms with Crippen molar-refractivity contribution in [3.8, 4) is 11.3 Å². The number of aromatic amines is 1. The number of hydrogen-bond acceptors (Lipinski definition) is 3. The maximum Gasteiger partial charge on any atom is 0.272 e. The van der Waals surface area contributed by atoms with E-state index in [1.165, 1.54) is 5.56 Å². The van der Waals surface area contributed by atoms with Crippen LogP contribution in [0.3, 0.4) is 0 Å². The third-order valence-electron chi connectivity index (χ3n) is 4.41. The smallest absolute Gasteiger partial charge is 0.272 e. The number of benzene rings is 2. The van der Waals surface area contributed by atoms with E-state index in [9.17, 15) is 4.79 Å². The van der Waals surface area contributed by atoms with Crippen molar-refractivity contribution in [1.29, 1.82) is 0 Å². The Labute approximate surface area is 145 Å². The van der Waals surface area contributed by atoms with E-state index in [-0.39, 0.29) is 5.56 Å². The van der Waals surface area contributed by atoms with E-state index >= 15 is 0 Å². The molecule has 25 heavy (non-hydrogen) atoms. The van der Waals surface area contributed by atoms with Crippen LogP contribution in [-0.4, -0.2) is 19.7 Å². The minimum atomic E-state index is -0.156. The predicted molar refractivity (Wildman–Crippen MR) is 98.5 cm³/mol. The Morgan fingerprint density at radius 3 is 2.72 bits per heavy atom. The molecule has 0 unspecified atom stereocenters. The molecule has 5 heteroatoms. The fraction of sp³-hybridized carbons (Fsp3) is 0.150. The molecule has 0 spiro atoms. The molecule has 1 N–H and O–H groups in total. The van der Waals surface area contributed by atoms with E-state index in [1.54, 1.807) is 0 Å². The molecule has 4 rings (SSSR count). The Balaban J connectivity index is 1.81. The van der Waals surface area contributed by atoms with Gasteiger partial charge in [-0.1, -0.05) is 43.3 Å². The molecule has 4 aromatic rings. The molecule has 0 amide bonds. The third kappa shape index (κ3) is 2.85. The summed E-state index contributed by atoms with van der Waals surface area (Å²) < 4.78 is 2.11. The lowest BCUT2D eigenvalue weighted by molar-refractivity contribution is 0.805. The number of imidazole rings is 1. The fourth-order valence-corrected chi connectivity index (χ4v) is 3.12. The van der Waals surface area contributed by atoms with Crippen LogP contribution in [0.15, 0.2) is 65.8 Å². The van der Waals surface area contributed by atoms with E-state index in [0.717, 1.165) is 35.3 Å². The summed E-state index contributed by atoms with van der Waals surface area (Å²) >= 11 is 0. The highest BCUT2D eigenvalue weighted by Gasteiger charge is 2.10. The van der Waals surface area contributed by atoms with Gasteiger partial charge in [0.15, 0.2) is 0 Å². The summed E-state index contributed by atoms with van der Waals surface area (Å²) in [5.41, 5.74) is 4.01. The van der Waals surface area contributed by atoms with Gasteiger partial charge in [-0.3, -0.25) is 4.79 Å². The summed E-state index contributed by atoms with van der Waals surface area (Å²) in [7, 11) is 0. The molecule has 0 bridgehead atoms. The van der Waals surface area contributed by atoms with Crippen molar-refractivity contribution in [2.24, 2.45) is 0 Å².